The highest BCUT2D eigenvalue weighted by molar-refractivity contribution is 6.00. The second-order valence-electron chi connectivity index (χ2n) is 6.23. The molecule has 0 bridgehead atoms. The molecule has 1 aliphatic rings. The molecule has 1 aliphatic heterocycles. The van der Waals surface area contributed by atoms with Gasteiger partial charge in [0, 0.05) is 36.4 Å². The van der Waals surface area contributed by atoms with Gasteiger partial charge in [0.1, 0.15) is 6.04 Å². The van der Waals surface area contributed by atoms with Crippen molar-refractivity contribution in [2.24, 2.45) is 0 Å². The van der Waals surface area contributed by atoms with Gasteiger partial charge in [0.25, 0.3) is 0 Å². The van der Waals surface area contributed by atoms with E-state index >= 15 is 0 Å². The summed E-state index contributed by atoms with van der Waals surface area (Å²) in [7, 11) is 0. The summed E-state index contributed by atoms with van der Waals surface area (Å²) in [6.07, 6.45) is 3.55. The van der Waals surface area contributed by atoms with Gasteiger partial charge in [0.2, 0.25) is 17.7 Å². The van der Waals surface area contributed by atoms with Crippen LogP contribution in [0.25, 0.3) is 10.8 Å². The number of benzene rings is 1. The molecule has 2 heterocycles. The van der Waals surface area contributed by atoms with Gasteiger partial charge in [-0.1, -0.05) is 19.1 Å². The molecule has 0 spiro atoms. The van der Waals surface area contributed by atoms with E-state index in [9.17, 15) is 19.5 Å². The van der Waals surface area contributed by atoms with E-state index in [1.807, 2.05) is 13.0 Å². The fourth-order valence-corrected chi connectivity index (χ4v) is 3.15. The van der Waals surface area contributed by atoms with Crippen LogP contribution in [0.2, 0.25) is 0 Å². The Labute approximate surface area is 145 Å². The van der Waals surface area contributed by atoms with Crippen LogP contribution in [0, 0.1) is 0 Å². The highest BCUT2D eigenvalue weighted by atomic mass is 16.3. The molecule has 1 fully saturated rings. The Morgan fingerprint density at radius 1 is 1.36 bits per heavy atom. The predicted molar refractivity (Wildman–Crippen MR) is 91.8 cm³/mol. The first-order valence-corrected chi connectivity index (χ1v) is 8.43. The average Bonchev–Trinajstić information content (AvgIpc) is 2.91. The normalized spacial score (nSPS) is 17.6. The van der Waals surface area contributed by atoms with Crippen LogP contribution in [0.4, 0.5) is 0 Å². The van der Waals surface area contributed by atoms with Gasteiger partial charge in [-0.05, 0) is 24.5 Å². The smallest absolute Gasteiger partial charge is 0.249 e. The molecule has 2 aromatic rings. The number of aromatic nitrogens is 1. The van der Waals surface area contributed by atoms with E-state index in [1.165, 1.54) is 4.57 Å². The quantitative estimate of drug-likeness (QED) is 0.720. The summed E-state index contributed by atoms with van der Waals surface area (Å²) in [5.41, 5.74) is 0.864. The number of rotatable bonds is 5. The summed E-state index contributed by atoms with van der Waals surface area (Å²) in [6.45, 7) is 2.30. The first-order valence-electron chi connectivity index (χ1n) is 8.43. The van der Waals surface area contributed by atoms with Crippen LogP contribution < -0.4 is 10.6 Å². The van der Waals surface area contributed by atoms with Crippen molar-refractivity contribution in [2.45, 2.75) is 45.2 Å². The number of carbonyl (C=O) groups is 3. The SMILES string of the molecule is CCCC(=O)NCc1cccc2c(O)n(C3CCC(=O)NC3=O)cc12. The van der Waals surface area contributed by atoms with Gasteiger partial charge in [-0.2, -0.15) is 0 Å². The van der Waals surface area contributed by atoms with Gasteiger partial charge in [-0.25, -0.2) is 0 Å². The van der Waals surface area contributed by atoms with Gasteiger partial charge in [-0.3, -0.25) is 19.7 Å². The lowest BCUT2D eigenvalue weighted by atomic mass is 10.1. The highest BCUT2D eigenvalue weighted by Gasteiger charge is 2.30. The molecule has 0 radical (unpaired) electrons. The Morgan fingerprint density at radius 3 is 2.88 bits per heavy atom. The number of aromatic hydroxyl groups is 1. The molecule has 1 unspecified atom stereocenters. The number of hydrogen-bond acceptors (Lipinski definition) is 4. The van der Waals surface area contributed by atoms with Gasteiger partial charge < -0.3 is 15.0 Å². The zero-order chi connectivity index (χ0) is 18.0. The molecule has 132 valence electrons. The third kappa shape index (κ3) is 3.35. The lowest BCUT2D eigenvalue weighted by molar-refractivity contribution is -0.135. The molecule has 25 heavy (non-hydrogen) atoms. The third-order valence-electron chi connectivity index (χ3n) is 4.45. The van der Waals surface area contributed by atoms with Crippen molar-refractivity contribution in [1.29, 1.82) is 0 Å². The summed E-state index contributed by atoms with van der Waals surface area (Å²) in [5, 5.41) is 17.1. The predicted octanol–water partition coefficient (Wildman–Crippen LogP) is 1.74. The van der Waals surface area contributed by atoms with E-state index < -0.39 is 11.9 Å². The van der Waals surface area contributed by atoms with Crippen molar-refractivity contribution >= 4 is 28.5 Å². The summed E-state index contributed by atoms with van der Waals surface area (Å²) in [5.74, 6) is -0.735. The molecule has 3 rings (SSSR count). The van der Waals surface area contributed by atoms with Crippen molar-refractivity contribution in [2.75, 3.05) is 0 Å². The molecule has 1 saturated heterocycles. The molecule has 7 nitrogen and oxygen atoms in total. The molecule has 7 heteroatoms. The van der Waals surface area contributed by atoms with Crippen LogP contribution >= 0.6 is 0 Å². The Kier molecular flexibility index (Phi) is 4.74. The highest BCUT2D eigenvalue weighted by Crippen LogP contribution is 2.34. The molecular weight excluding hydrogens is 322 g/mol. The number of amides is 3. The third-order valence-corrected chi connectivity index (χ3v) is 4.45. The van der Waals surface area contributed by atoms with Crippen LogP contribution in [-0.4, -0.2) is 27.4 Å². The van der Waals surface area contributed by atoms with Crippen molar-refractivity contribution < 1.29 is 19.5 Å². The fraction of sp³-hybridized carbons (Fsp3) is 0.389. The number of carbonyl (C=O) groups excluding carboxylic acids is 3. The molecule has 0 saturated carbocycles. The van der Waals surface area contributed by atoms with Gasteiger partial charge in [0.15, 0.2) is 5.88 Å². The fourth-order valence-electron chi connectivity index (χ4n) is 3.15. The summed E-state index contributed by atoms with van der Waals surface area (Å²) in [4.78, 5) is 35.1. The Morgan fingerprint density at radius 2 is 2.16 bits per heavy atom. The van der Waals surface area contributed by atoms with Crippen molar-refractivity contribution in [3.8, 4) is 5.88 Å². The van der Waals surface area contributed by atoms with Gasteiger partial charge >= 0.3 is 0 Å². The lowest BCUT2D eigenvalue weighted by Crippen LogP contribution is -2.41. The first-order chi connectivity index (χ1) is 12.0. The Hall–Kier alpha value is -2.83. The van der Waals surface area contributed by atoms with Crippen LogP contribution in [0.5, 0.6) is 5.88 Å². The second-order valence-corrected chi connectivity index (χ2v) is 6.23. The van der Waals surface area contributed by atoms with Crippen molar-refractivity contribution in [3.63, 3.8) is 0 Å². The molecule has 1 atom stereocenters. The summed E-state index contributed by atoms with van der Waals surface area (Å²) < 4.78 is 1.50. The Balaban J connectivity index is 1.91. The zero-order valence-electron chi connectivity index (χ0n) is 14.0. The van der Waals surface area contributed by atoms with Gasteiger partial charge in [-0.15, -0.1) is 0 Å². The lowest BCUT2D eigenvalue weighted by Gasteiger charge is -2.22. The molecule has 3 amide bonds. The van der Waals surface area contributed by atoms with Crippen LogP contribution in [0.15, 0.2) is 24.4 Å². The largest absolute Gasteiger partial charge is 0.494 e. The van der Waals surface area contributed by atoms with Crippen LogP contribution in [-0.2, 0) is 20.9 Å². The van der Waals surface area contributed by atoms with E-state index in [-0.39, 0.29) is 24.1 Å². The molecular formula is C18H21N3O4. The maximum Gasteiger partial charge on any atom is 0.249 e. The van der Waals surface area contributed by atoms with Gasteiger partial charge in [0.05, 0.1) is 0 Å². The van der Waals surface area contributed by atoms with E-state index in [1.54, 1.807) is 18.3 Å². The number of hydrogen-bond donors (Lipinski definition) is 3. The topological polar surface area (TPSA) is 100 Å². The van der Waals surface area contributed by atoms with E-state index in [0.717, 1.165) is 17.4 Å². The van der Waals surface area contributed by atoms with Crippen LogP contribution in [0.3, 0.4) is 0 Å². The maximum absolute atomic E-state index is 12.1. The Bertz CT molecular complexity index is 840. The van der Waals surface area contributed by atoms with E-state index in [0.29, 0.717) is 24.8 Å². The molecule has 0 aliphatic carbocycles. The molecule has 1 aromatic carbocycles. The van der Waals surface area contributed by atoms with E-state index in [4.69, 9.17) is 0 Å². The van der Waals surface area contributed by atoms with Crippen molar-refractivity contribution in [1.82, 2.24) is 15.2 Å². The minimum Gasteiger partial charge on any atom is -0.494 e. The second kappa shape index (κ2) is 6.96. The number of imide groups is 1. The summed E-state index contributed by atoms with van der Waals surface area (Å²) >= 11 is 0. The molecule has 3 N–H and O–H groups in total. The number of nitrogens with zero attached hydrogens (tertiary/aromatic N) is 1. The molecule has 1 aromatic heterocycles. The van der Waals surface area contributed by atoms with E-state index in [2.05, 4.69) is 10.6 Å². The minimum absolute atomic E-state index is 0.00812. The number of fused-ring (bicyclic) bond motifs is 1. The maximum atomic E-state index is 12.1. The summed E-state index contributed by atoms with van der Waals surface area (Å²) in [6, 6.07) is 4.83. The number of piperidine rings is 1. The zero-order valence-corrected chi connectivity index (χ0v) is 14.0. The van der Waals surface area contributed by atoms with Crippen LogP contribution in [0.1, 0.15) is 44.2 Å². The average molecular weight is 343 g/mol. The minimum atomic E-state index is -0.618. The standard InChI is InChI=1S/C18H21N3O4/c1-2-4-15(22)19-9-11-5-3-6-12-13(11)10-21(18(12)25)14-7-8-16(23)20-17(14)24/h3,5-6,10,14,25H,2,4,7-9H2,1H3,(H,19,22)(H,20,23,24). The number of nitrogens with one attached hydrogen (secondary N) is 2. The van der Waals surface area contributed by atoms with Crippen molar-refractivity contribution in [3.05, 3.63) is 30.0 Å². The first kappa shape index (κ1) is 17.0. The monoisotopic (exact) mass is 343 g/mol.